The van der Waals surface area contributed by atoms with E-state index in [0.717, 1.165) is 6.07 Å². The number of hydrogen-bond donors (Lipinski definition) is 2. The second-order valence-electron chi connectivity index (χ2n) is 3.99. The summed E-state index contributed by atoms with van der Waals surface area (Å²) >= 11 is 0. The van der Waals surface area contributed by atoms with Crippen molar-refractivity contribution in [3.8, 4) is 0 Å². The van der Waals surface area contributed by atoms with Gasteiger partial charge >= 0.3 is 0 Å². The molecule has 0 atom stereocenters. The predicted octanol–water partition coefficient (Wildman–Crippen LogP) is 1.85. The van der Waals surface area contributed by atoms with Crippen LogP contribution in [-0.2, 0) is 10.0 Å². The Hall–Kier alpha value is -1.74. The second kappa shape index (κ2) is 6.62. The maximum absolute atomic E-state index is 14.0. The molecule has 1 aromatic rings. The predicted molar refractivity (Wildman–Crippen MR) is 72.7 cm³/mol. The van der Waals surface area contributed by atoms with E-state index >= 15 is 0 Å². The first-order valence-electron chi connectivity index (χ1n) is 6.05. The summed E-state index contributed by atoms with van der Waals surface area (Å²) in [6.45, 7) is 3.85. The van der Waals surface area contributed by atoms with Gasteiger partial charge in [-0.3, -0.25) is 10.1 Å². The molecule has 0 amide bonds. The van der Waals surface area contributed by atoms with Crippen LogP contribution in [0.25, 0.3) is 0 Å². The second-order valence-corrected chi connectivity index (χ2v) is 5.69. The lowest BCUT2D eigenvalue weighted by molar-refractivity contribution is -0.385. The minimum Gasteiger partial charge on any atom is -0.384 e. The summed E-state index contributed by atoms with van der Waals surface area (Å²) in [6.07, 6.45) is 0.658. The lowest BCUT2D eigenvalue weighted by atomic mass is 10.2. The number of halogens is 1. The monoisotopic (exact) mass is 305 g/mol. The largest absolute Gasteiger partial charge is 0.384 e. The number of nitrogens with zero attached hydrogens (tertiary/aromatic N) is 1. The van der Waals surface area contributed by atoms with E-state index in [0.29, 0.717) is 19.0 Å². The topological polar surface area (TPSA) is 101 Å². The van der Waals surface area contributed by atoms with Crippen molar-refractivity contribution in [2.24, 2.45) is 0 Å². The standard InChI is InChI=1S/C11H16FN3O4S/c1-3-5-13-10-7-8(15(16)17)6-9(12)11(10)20(18,19)14-4-2/h6-7,13-14H,3-5H2,1-2H3. The Morgan fingerprint density at radius 2 is 2.00 bits per heavy atom. The first-order chi connectivity index (χ1) is 9.33. The van der Waals surface area contributed by atoms with Crippen molar-refractivity contribution in [1.29, 1.82) is 0 Å². The van der Waals surface area contributed by atoms with Crippen LogP contribution in [0.2, 0.25) is 0 Å². The highest BCUT2D eigenvalue weighted by Crippen LogP contribution is 2.29. The van der Waals surface area contributed by atoms with Crippen molar-refractivity contribution in [1.82, 2.24) is 4.72 Å². The number of nitro groups is 1. The van der Waals surface area contributed by atoms with Gasteiger partial charge in [-0.25, -0.2) is 17.5 Å². The van der Waals surface area contributed by atoms with Crippen molar-refractivity contribution in [2.45, 2.75) is 25.2 Å². The highest BCUT2D eigenvalue weighted by atomic mass is 32.2. The van der Waals surface area contributed by atoms with Crippen LogP contribution < -0.4 is 10.0 Å². The van der Waals surface area contributed by atoms with E-state index in [9.17, 15) is 22.9 Å². The third-order valence-electron chi connectivity index (χ3n) is 2.41. The van der Waals surface area contributed by atoms with E-state index in [4.69, 9.17) is 0 Å². The Morgan fingerprint density at radius 1 is 1.35 bits per heavy atom. The van der Waals surface area contributed by atoms with Crippen LogP contribution >= 0.6 is 0 Å². The van der Waals surface area contributed by atoms with Crippen LogP contribution in [-0.4, -0.2) is 26.4 Å². The Morgan fingerprint density at radius 3 is 2.50 bits per heavy atom. The Bertz CT molecular complexity index is 604. The Labute approximate surface area is 116 Å². The molecule has 0 saturated heterocycles. The van der Waals surface area contributed by atoms with Crippen LogP contribution in [0.15, 0.2) is 17.0 Å². The summed E-state index contributed by atoms with van der Waals surface area (Å²) in [5, 5.41) is 13.4. The Kier molecular flexibility index (Phi) is 5.40. The molecule has 0 fully saturated rings. The van der Waals surface area contributed by atoms with Gasteiger partial charge in [0.2, 0.25) is 10.0 Å². The van der Waals surface area contributed by atoms with Gasteiger partial charge < -0.3 is 5.32 Å². The van der Waals surface area contributed by atoms with Crippen LogP contribution in [0.5, 0.6) is 0 Å². The number of anilines is 1. The van der Waals surface area contributed by atoms with E-state index in [1.54, 1.807) is 6.92 Å². The zero-order valence-electron chi connectivity index (χ0n) is 11.1. The molecule has 0 radical (unpaired) electrons. The summed E-state index contributed by atoms with van der Waals surface area (Å²) in [4.78, 5) is 9.34. The zero-order chi connectivity index (χ0) is 15.3. The molecule has 0 aliphatic rings. The van der Waals surface area contributed by atoms with E-state index in [1.807, 2.05) is 6.92 Å². The quantitative estimate of drug-likeness (QED) is 0.591. The molecule has 0 saturated carbocycles. The number of benzene rings is 1. The first-order valence-corrected chi connectivity index (χ1v) is 7.53. The van der Waals surface area contributed by atoms with Crippen LogP contribution in [0.1, 0.15) is 20.3 Å². The molecular weight excluding hydrogens is 289 g/mol. The molecule has 20 heavy (non-hydrogen) atoms. The maximum Gasteiger partial charge on any atom is 0.274 e. The third kappa shape index (κ3) is 3.64. The number of nitro benzene ring substituents is 1. The van der Waals surface area contributed by atoms with E-state index < -0.39 is 31.3 Å². The molecular formula is C11H16FN3O4S. The van der Waals surface area contributed by atoms with Gasteiger partial charge in [0.15, 0.2) is 5.82 Å². The minimum atomic E-state index is -4.05. The zero-order valence-corrected chi connectivity index (χ0v) is 12.0. The van der Waals surface area contributed by atoms with Gasteiger partial charge in [-0.15, -0.1) is 0 Å². The Balaban J connectivity index is 3.44. The lowest BCUT2D eigenvalue weighted by Crippen LogP contribution is -2.25. The van der Waals surface area contributed by atoms with Crippen molar-refractivity contribution in [3.05, 3.63) is 28.1 Å². The number of sulfonamides is 1. The van der Waals surface area contributed by atoms with Crippen molar-refractivity contribution >= 4 is 21.4 Å². The molecule has 0 aromatic heterocycles. The summed E-state index contributed by atoms with van der Waals surface area (Å²) in [6, 6.07) is 1.62. The van der Waals surface area contributed by atoms with Gasteiger partial charge in [0.25, 0.3) is 5.69 Å². The summed E-state index contributed by atoms with van der Waals surface area (Å²) in [5.74, 6) is -1.15. The number of hydrogen-bond acceptors (Lipinski definition) is 5. The van der Waals surface area contributed by atoms with E-state index in [2.05, 4.69) is 10.0 Å². The molecule has 1 rings (SSSR count). The SMILES string of the molecule is CCCNc1cc([N+](=O)[O-])cc(F)c1S(=O)(=O)NCC. The van der Waals surface area contributed by atoms with Crippen molar-refractivity contribution in [3.63, 3.8) is 0 Å². The molecule has 0 spiro atoms. The van der Waals surface area contributed by atoms with Crippen LogP contribution in [0.4, 0.5) is 15.8 Å². The van der Waals surface area contributed by atoms with E-state index in [1.165, 1.54) is 0 Å². The molecule has 112 valence electrons. The average molecular weight is 305 g/mol. The first kappa shape index (κ1) is 16.3. The van der Waals surface area contributed by atoms with Gasteiger partial charge in [0, 0.05) is 19.2 Å². The molecule has 0 aliphatic heterocycles. The minimum absolute atomic E-state index is 0.0893. The molecule has 0 heterocycles. The molecule has 0 aliphatic carbocycles. The van der Waals surface area contributed by atoms with Gasteiger partial charge in [-0.2, -0.15) is 0 Å². The molecule has 1 aromatic carbocycles. The van der Waals surface area contributed by atoms with Gasteiger partial charge in [-0.05, 0) is 6.42 Å². The van der Waals surface area contributed by atoms with Gasteiger partial charge in [0.1, 0.15) is 4.90 Å². The highest BCUT2D eigenvalue weighted by Gasteiger charge is 2.26. The number of nitrogens with one attached hydrogen (secondary N) is 2. The molecule has 0 bridgehead atoms. The van der Waals surface area contributed by atoms with Gasteiger partial charge in [0.05, 0.1) is 16.7 Å². The number of non-ortho nitro benzene ring substituents is 1. The molecule has 7 nitrogen and oxygen atoms in total. The van der Waals surface area contributed by atoms with Crippen LogP contribution in [0, 0.1) is 15.9 Å². The molecule has 2 N–H and O–H groups in total. The fraction of sp³-hybridized carbons (Fsp3) is 0.455. The van der Waals surface area contributed by atoms with Crippen LogP contribution in [0.3, 0.4) is 0 Å². The molecule has 9 heteroatoms. The summed E-state index contributed by atoms with van der Waals surface area (Å²) < 4.78 is 40.0. The third-order valence-corrected chi connectivity index (χ3v) is 4.03. The fourth-order valence-electron chi connectivity index (χ4n) is 1.61. The summed E-state index contributed by atoms with van der Waals surface area (Å²) in [5.41, 5.74) is -0.615. The average Bonchev–Trinajstić information content (AvgIpc) is 2.34. The maximum atomic E-state index is 14.0. The normalized spacial score (nSPS) is 11.3. The lowest BCUT2D eigenvalue weighted by Gasteiger charge is -2.13. The van der Waals surface area contributed by atoms with E-state index in [-0.39, 0.29) is 12.2 Å². The van der Waals surface area contributed by atoms with Crippen molar-refractivity contribution in [2.75, 3.05) is 18.4 Å². The fourth-order valence-corrected chi connectivity index (χ4v) is 2.87. The highest BCUT2D eigenvalue weighted by molar-refractivity contribution is 7.89. The molecule has 0 unspecified atom stereocenters. The van der Waals surface area contributed by atoms with Gasteiger partial charge in [-0.1, -0.05) is 13.8 Å². The smallest absolute Gasteiger partial charge is 0.274 e. The van der Waals surface area contributed by atoms with Crippen molar-refractivity contribution < 1.29 is 17.7 Å². The summed E-state index contributed by atoms with van der Waals surface area (Å²) in [7, 11) is -4.05. The number of rotatable bonds is 7.